The van der Waals surface area contributed by atoms with E-state index in [1.807, 2.05) is 51.4 Å². The van der Waals surface area contributed by atoms with E-state index in [0.717, 1.165) is 16.2 Å². The zero-order chi connectivity index (χ0) is 11.3. The van der Waals surface area contributed by atoms with Gasteiger partial charge in [-0.1, -0.05) is 31.2 Å². The van der Waals surface area contributed by atoms with Crippen molar-refractivity contribution in [2.24, 2.45) is 7.05 Å². The Balaban J connectivity index is 0.000000531. The summed E-state index contributed by atoms with van der Waals surface area (Å²) in [7, 11) is 1.85. The van der Waals surface area contributed by atoms with Crippen molar-refractivity contribution in [1.82, 2.24) is 15.0 Å². The third-order valence-electron chi connectivity index (χ3n) is 1.77. The van der Waals surface area contributed by atoms with Crippen LogP contribution >= 0.6 is 12.6 Å². The van der Waals surface area contributed by atoms with E-state index in [4.69, 9.17) is 0 Å². The number of nitrogens with zero attached hydrogens (tertiary/aromatic N) is 3. The van der Waals surface area contributed by atoms with E-state index in [9.17, 15) is 0 Å². The third kappa shape index (κ3) is 3.09. The van der Waals surface area contributed by atoms with Crippen LogP contribution in [0.5, 0.6) is 0 Å². The molecule has 0 atom stereocenters. The van der Waals surface area contributed by atoms with Gasteiger partial charge in [-0.2, -0.15) is 0 Å². The molecule has 0 saturated carbocycles. The van der Waals surface area contributed by atoms with Crippen molar-refractivity contribution in [2.45, 2.75) is 18.7 Å². The molecule has 0 bridgehead atoms. The average molecular weight is 221 g/mol. The summed E-state index contributed by atoms with van der Waals surface area (Å²) < 4.78 is 1.68. The Hall–Kier alpha value is -1.29. The van der Waals surface area contributed by atoms with Crippen molar-refractivity contribution in [3.63, 3.8) is 0 Å². The van der Waals surface area contributed by atoms with Gasteiger partial charge in [-0.05, 0) is 12.1 Å². The summed E-state index contributed by atoms with van der Waals surface area (Å²) in [6.45, 7) is 4.00. The van der Waals surface area contributed by atoms with E-state index in [0.29, 0.717) is 0 Å². The summed E-state index contributed by atoms with van der Waals surface area (Å²) in [6, 6.07) is 7.83. The van der Waals surface area contributed by atoms with Gasteiger partial charge in [0.25, 0.3) is 0 Å². The molecule has 0 aliphatic heterocycles. The van der Waals surface area contributed by atoms with E-state index in [2.05, 4.69) is 22.9 Å². The van der Waals surface area contributed by atoms with Gasteiger partial charge in [-0.15, -0.1) is 17.7 Å². The molecule has 4 heteroatoms. The van der Waals surface area contributed by atoms with Gasteiger partial charge in [0.05, 0.1) is 6.20 Å². The second kappa shape index (κ2) is 5.56. The molecule has 0 aliphatic rings. The summed E-state index contributed by atoms with van der Waals surface area (Å²) in [5.74, 6) is 0. The number of rotatable bonds is 1. The van der Waals surface area contributed by atoms with Crippen LogP contribution < -0.4 is 0 Å². The van der Waals surface area contributed by atoms with Crippen molar-refractivity contribution in [3.05, 3.63) is 30.5 Å². The highest BCUT2D eigenvalue weighted by Gasteiger charge is 2.00. The van der Waals surface area contributed by atoms with Crippen molar-refractivity contribution < 1.29 is 0 Å². The minimum absolute atomic E-state index is 0.885. The fraction of sp³-hybridized carbons (Fsp3) is 0.273. The van der Waals surface area contributed by atoms with Crippen molar-refractivity contribution in [2.75, 3.05) is 0 Å². The fourth-order valence-corrected chi connectivity index (χ4v) is 1.26. The SMILES string of the molecule is CC.Cn1cc(-c2ccc(S)cc2)nn1. The van der Waals surface area contributed by atoms with E-state index in [-0.39, 0.29) is 0 Å². The molecule has 0 unspecified atom stereocenters. The van der Waals surface area contributed by atoms with Crippen LogP contribution in [-0.2, 0) is 7.05 Å². The Morgan fingerprint density at radius 1 is 1.13 bits per heavy atom. The van der Waals surface area contributed by atoms with Crippen molar-refractivity contribution in [1.29, 1.82) is 0 Å². The molecule has 1 aromatic heterocycles. The Kier molecular flexibility index (Phi) is 4.37. The first-order valence-electron chi connectivity index (χ1n) is 4.91. The maximum Gasteiger partial charge on any atom is 0.113 e. The smallest absolute Gasteiger partial charge is 0.113 e. The van der Waals surface area contributed by atoms with E-state index >= 15 is 0 Å². The lowest BCUT2D eigenvalue weighted by Gasteiger charge is -1.94. The Morgan fingerprint density at radius 2 is 1.73 bits per heavy atom. The van der Waals surface area contributed by atoms with Crippen LogP contribution in [0.1, 0.15) is 13.8 Å². The lowest BCUT2D eigenvalue weighted by molar-refractivity contribution is 0.715. The zero-order valence-corrected chi connectivity index (χ0v) is 10.1. The lowest BCUT2D eigenvalue weighted by atomic mass is 10.2. The van der Waals surface area contributed by atoms with Gasteiger partial charge in [0, 0.05) is 17.5 Å². The standard InChI is InChI=1S/C9H9N3S.C2H6/c1-12-6-9(10-11-12)7-2-4-8(13)5-3-7;1-2/h2-6,13H,1H3;1-2H3. The Bertz CT molecular complexity index is 406. The molecule has 0 aliphatic carbocycles. The molecule has 0 fully saturated rings. The summed E-state index contributed by atoms with van der Waals surface area (Å²) in [6.07, 6.45) is 1.88. The molecule has 0 saturated heterocycles. The normalized spacial score (nSPS) is 9.33. The van der Waals surface area contributed by atoms with Crippen LogP contribution in [0.25, 0.3) is 11.3 Å². The summed E-state index contributed by atoms with van der Waals surface area (Å²) >= 11 is 4.21. The second-order valence-corrected chi connectivity index (χ2v) is 3.34. The topological polar surface area (TPSA) is 30.7 Å². The second-order valence-electron chi connectivity index (χ2n) is 2.82. The van der Waals surface area contributed by atoms with E-state index in [1.54, 1.807) is 4.68 Å². The Labute approximate surface area is 95.5 Å². The highest BCUT2D eigenvalue weighted by molar-refractivity contribution is 7.80. The van der Waals surface area contributed by atoms with E-state index in [1.165, 1.54) is 0 Å². The number of aryl methyl sites for hydroxylation is 1. The van der Waals surface area contributed by atoms with Gasteiger partial charge in [-0.3, -0.25) is 4.68 Å². The third-order valence-corrected chi connectivity index (χ3v) is 2.06. The fourth-order valence-electron chi connectivity index (χ4n) is 1.11. The predicted octanol–water partition coefficient (Wildman–Crippen LogP) is 2.80. The van der Waals surface area contributed by atoms with Crippen LogP contribution in [-0.4, -0.2) is 15.0 Å². The molecular formula is C11H15N3S. The molecule has 0 spiro atoms. The number of hydrogen-bond acceptors (Lipinski definition) is 3. The van der Waals surface area contributed by atoms with Crippen LogP contribution in [0, 0.1) is 0 Å². The van der Waals surface area contributed by atoms with Crippen LogP contribution in [0.4, 0.5) is 0 Å². The first kappa shape index (κ1) is 11.8. The quantitative estimate of drug-likeness (QED) is 0.751. The maximum atomic E-state index is 4.21. The predicted molar refractivity (Wildman–Crippen MR) is 65.0 cm³/mol. The molecule has 2 aromatic rings. The van der Waals surface area contributed by atoms with Crippen LogP contribution in [0.15, 0.2) is 35.4 Å². The molecule has 3 nitrogen and oxygen atoms in total. The minimum Gasteiger partial charge on any atom is -0.255 e. The van der Waals surface area contributed by atoms with Crippen LogP contribution in [0.2, 0.25) is 0 Å². The van der Waals surface area contributed by atoms with Gasteiger partial charge >= 0.3 is 0 Å². The van der Waals surface area contributed by atoms with Crippen molar-refractivity contribution >= 4 is 12.6 Å². The van der Waals surface area contributed by atoms with Gasteiger partial charge < -0.3 is 0 Å². The first-order valence-corrected chi connectivity index (χ1v) is 5.36. The minimum atomic E-state index is 0.885. The molecular weight excluding hydrogens is 206 g/mol. The van der Waals surface area contributed by atoms with Crippen LogP contribution in [0.3, 0.4) is 0 Å². The molecule has 2 rings (SSSR count). The molecule has 1 heterocycles. The van der Waals surface area contributed by atoms with E-state index < -0.39 is 0 Å². The number of thiol groups is 1. The molecule has 0 radical (unpaired) electrons. The monoisotopic (exact) mass is 221 g/mol. The summed E-state index contributed by atoms with van der Waals surface area (Å²) in [5, 5.41) is 7.87. The molecule has 15 heavy (non-hydrogen) atoms. The maximum absolute atomic E-state index is 4.21. The molecule has 1 aromatic carbocycles. The van der Waals surface area contributed by atoms with Gasteiger partial charge in [0.2, 0.25) is 0 Å². The highest BCUT2D eigenvalue weighted by Crippen LogP contribution is 2.17. The highest BCUT2D eigenvalue weighted by atomic mass is 32.1. The molecule has 80 valence electrons. The molecule has 0 amide bonds. The van der Waals surface area contributed by atoms with Gasteiger partial charge in [-0.25, -0.2) is 0 Å². The zero-order valence-electron chi connectivity index (χ0n) is 9.18. The Morgan fingerprint density at radius 3 is 2.20 bits per heavy atom. The summed E-state index contributed by atoms with van der Waals surface area (Å²) in [5.41, 5.74) is 1.95. The number of benzene rings is 1. The molecule has 0 N–H and O–H groups in total. The van der Waals surface area contributed by atoms with Crippen molar-refractivity contribution in [3.8, 4) is 11.3 Å². The summed E-state index contributed by atoms with van der Waals surface area (Å²) in [4.78, 5) is 0.952. The van der Waals surface area contributed by atoms with Gasteiger partial charge in [0.1, 0.15) is 5.69 Å². The lowest BCUT2D eigenvalue weighted by Crippen LogP contribution is -1.85. The van der Waals surface area contributed by atoms with Gasteiger partial charge in [0.15, 0.2) is 0 Å². The average Bonchev–Trinajstić information content (AvgIpc) is 2.69. The largest absolute Gasteiger partial charge is 0.255 e. The number of aromatic nitrogens is 3. The number of hydrogen-bond donors (Lipinski definition) is 1. The first-order chi connectivity index (χ1) is 7.25.